The lowest BCUT2D eigenvalue weighted by molar-refractivity contribution is -0.119. The van der Waals surface area contributed by atoms with Crippen LogP contribution in [0.4, 0.5) is 5.69 Å². The van der Waals surface area contributed by atoms with E-state index in [-0.39, 0.29) is 5.91 Å². The van der Waals surface area contributed by atoms with E-state index < -0.39 is 5.54 Å². The number of carbonyl (C=O) groups excluding carboxylic acids is 1. The first-order valence-corrected chi connectivity index (χ1v) is 7.72. The number of thioether (sulfide) groups is 1. The third-order valence-corrected chi connectivity index (χ3v) is 4.47. The Labute approximate surface area is 125 Å². The average molecular weight is 290 g/mol. The van der Waals surface area contributed by atoms with Crippen molar-refractivity contribution < 1.29 is 4.79 Å². The van der Waals surface area contributed by atoms with E-state index in [0.29, 0.717) is 5.75 Å². The standard InChI is InChI=1S/C16H22N2OS/c1-5-16(6-2,7-3)18-15(19)11-20-13-8-9-14(17)12(4)10-13/h1,8-10H,6-7,11,17H2,2-4H3,(H,18,19). The number of terminal acetylenes is 1. The fourth-order valence-corrected chi connectivity index (χ4v) is 2.65. The van der Waals surface area contributed by atoms with Gasteiger partial charge in [0.05, 0.1) is 5.75 Å². The summed E-state index contributed by atoms with van der Waals surface area (Å²) < 4.78 is 0. The van der Waals surface area contributed by atoms with E-state index in [0.717, 1.165) is 29.0 Å². The van der Waals surface area contributed by atoms with E-state index in [1.165, 1.54) is 11.8 Å². The molecule has 0 fully saturated rings. The molecule has 0 heterocycles. The lowest BCUT2D eigenvalue weighted by Crippen LogP contribution is -2.47. The predicted molar refractivity (Wildman–Crippen MR) is 86.6 cm³/mol. The van der Waals surface area contributed by atoms with Crippen molar-refractivity contribution in [2.75, 3.05) is 11.5 Å². The highest BCUT2D eigenvalue weighted by Crippen LogP contribution is 2.22. The van der Waals surface area contributed by atoms with Gasteiger partial charge in [0.15, 0.2) is 0 Å². The first-order chi connectivity index (χ1) is 9.46. The molecule has 0 saturated carbocycles. The third kappa shape index (κ3) is 4.21. The fraction of sp³-hybridized carbons (Fsp3) is 0.438. The quantitative estimate of drug-likeness (QED) is 0.481. The molecule has 0 spiro atoms. The highest BCUT2D eigenvalue weighted by atomic mass is 32.2. The van der Waals surface area contributed by atoms with E-state index in [1.54, 1.807) is 0 Å². The molecule has 20 heavy (non-hydrogen) atoms. The van der Waals surface area contributed by atoms with Crippen molar-refractivity contribution in [1.29, 1.82) is 0 Å². The third-order valence-electron chi connectivity index (χ3n) is 3.47. The van der Waals surface area contributed by atoms with Gasteiger partial charge >= 0.3 is 0 Å². The van der Waals surface area contributed by atoms with Crippen molar-refractivity contribution in [2.45, 2.75) is 44.0 Å². The van der Waals surface area contributed by atoms with Gasteiger partial charge in [0.25, 0.3) is 0 Å². The molecule has 1 aromatic rings. The zero-order valence-corrected chi connectivity index (χ0v) is 13.1. The molecule has 0 aliphatic heterocycles. The molecule has 0 unspecified atom stereocenters. The lowest BCUT2D eigenvalue weighted by Gasteiger charge is -2.26. The topological polar surface area (TPSA) is 55.1 Å². The Kier molecular flexibility index (Phi) is 5.97. The van der Waals surface area contributed by atoms with E-state index in [4.69, 9.17) is 12.2 Å². The number of anilines is 1. The normalized spacial score (nSPS) is 10.9. The Morgan fingerprint density at radius 2 is 2.10 bits per heavy atom. The van der Waals surface area contributed by atoms with E-state index in [2.05, 4.69) is 11.2 Å². The Morgan fingerprint density at radius 3 is 2.60 bits per heavy atom. The SMILES string of the molecule is C#CC(CC)(CC)NC(=O)CSc1ccc(N)c(C)c1. The average Bonchev–Trinajstić information content (AvgIpc) is 2.46. The molecule has 0 aromatic heterocycles. The first-order valence-electron chi connectivity index (χ1n) is 6.74. The van der Waals surface area contributed by atoms with Gasteiger partial charge in [-0.3, -0.25) is 4.79 Å². The second-order valence-electron chi connectivity index (χ2n) is 4.79. The molecule has 1 rings (SSSR count). The van der Waals surface area contributed by atoms with Crippen LogP contribution in [0.15, 0.2) is 23.1 Å². The van der Waals surface area contributed by atoms with Gasteiger partial charge in [-0.25, -0.2) is 0 Å². The Morgan fingerprint density at radius 1 is 1.45 bits per heavy atom. The Balaban J connectivity index is 2.59. The number of rotatable bonds is 6. The van der Waals surface area contributed by atoms with Crippen LogP contribution in [-0.2, 0) is 4.79 Å². The molecule has 0 bridgehead atoms. The number of nitrogen functional groups attached to an aromatic ring is 1. The minimum Gasteiger partial charge on any atom is -0.399 e. The fourth-order valence-electron chi connectivity index (χ4n) is 1.86. The van der Waals surface area contributed by atoms with Crippen LogP contribution in [0.1, 0.15) is 32.3 Å². The van der Waals surface area contributed by atoms with E-state index >= 15 is 0 Å². The van der Waals surface area contributed by atoms with Crippen LogP contribution in [0.2, 0.25) is 0 Å². The second kappa shape index (κ2) is 7.25. The summed E-state index contributed by atoms with van der Waals surface area (Å²) in [6.07, 6.45) is 7.00. The Hall–Kier alpha value is -1.60. The van der Waals surface area contributed by atoms with Crippen molar-refractivity contribution in [1.82, 2.24) is 5.32 Å². The van der Waals surface area contributed by atoms with Gasteiger partial charge in [-0.15, -0.1) is 18.2 Å². The molecular formula is C16H22N2OS. The molecule has 0 aliphatic rings. The van der Waals surface area contributed by atoms with E-state index in [9.17, 15) is 4.79 Å². The summed E-state index contributed by atoms with van der Waals surface area (Å²) in [4.78, 5) is 13.0. The predicted octanol–water partition coefficient (Wildman–Crippen LogP) is 2.98. The smallest absolute Gasteiger partial charge is 0.231 e. The highest BCUT2D eigenvalue weighted by molar-refractivity contribution is 8.00. The summed E-state index contributed by atoms with van der Waals surface area (Å²) in [7, 11) is 0. The summed E-state index contributed by atoms with van der Waals surface area (Å²) in [6.45, 7) is 5.93. The minimum absolute atomic E-state index is 0.0360. The number of benzene rings is 1. The first kappa shape index (κ1) is 16.5. The van der Waals surface area contributed by atoms with Crippen molar-refractivity contribution in [3.05, 3.63) is 23.8 Å². The van der Waals surface area contributed by atoms with Crippen LogP contribution >= 0.6 is 11.8 Å². The number of amides is 1. The van der Waals surface area contributed by atoms with Gasteiger partial charge < -0.3 is 11.1 Å². The number of nitrogens with one attached hydrogen (secondary N) is 1. The number of aryl methyl sites for hydroxylation is 1. The van der Waals surface area contributed by atoms with Crippen LogP contribution < -0.4 is 11.1 Å². The summed E-state index contributed by atoms with van der Waals surface area (Å²) in [6, 6.07) is 5.77. The molecule has 3 N–H and O–H groups in total. The zero-order chi connectivity index (χ0) is 15.2. The monoisotopic (exact) mass is 290 g/mol. The van der Waals surface area contributed by atoms with E-state index in [1.807, 2.05) is 39.0 Å². The summed E-state index contributed by atoms with van der Waals surface area (Å²) in [5.41, 5.74) is 7.04. The zero-order valence-electron chi connectivity index (χ0n) is 12.3. The van der Waals surface area contributed by atoms with Gasteiger partial charge in [-0.2, -0.15) is 0 Å². The lowest BCUT2D eigenvalue weighted by atomic mass is 9.94. The maximum absolute atomic E-state index is 12.0. The molecule has 0 radical (unpaired) electrons. The molecule has 0 aliphatic carbocycles. The molecule has 0 atom stereocenters. The summed E-state index contributed by atoms with van der Waals surface area (Å²) >= 11 is 1.49. The Bertz CT molecular complexity index is 516. The largest absolute Gasteiger partial charge is 0.399 e. The number of hydrogen-bond donors (Lipinski definition) is 2. The van der Waals surface area contributed by atoms with Gasteiger partial charge in [0.2, 0.25) is 5.91 Å². The van der Waals surface area contributed by atoms with Gasteiger partial charge in [0.1, 0.15) is 5.54 Å². The molecule has 1 aromatic carbocycles. The van der Waals surface area contributed by atoms with Crippen LogP contribution in [-0.4, -0.2) is 17.2 Å². The summed E-state index contributed by atoms with van der Waals surface area (Å²) in [5, 5.41) is 2.96. The van der Waals surface area contributed by atoms with Crippen LogP contribution in [0.5, 0.6) is 0 Å². The van der Waals surface area contributed by atoms with Gasteiger partial charge in [0, 0.05) is 10.6 Å². The van der Waals surface area contributed by atoms with Crippen LogP contribution in [0, 0.1) is 19.3 Å². The molecule has 108 valence electrons. The van der Waals surface area contributed by atoms with Gasteiger partial charge in [-0.05, 0) is 43.5 Å². The molecule has 1 amide bonds. The number of carbonyl (C=O) groups is 1. The number of nitrogens with two attached hydrogens (primary N) is 1. The maximum Gasteiger partial charge on any atom is 0.231 e. The minimum atomic E-state index is -0.519. The molecule has 3 nitrogen and oxygen atoms in total. The molecule has 4 heteroatoms. The van der Waals surface area contributed by atoms with Crippen molar-refractivity contribution >= 4 is 23.4 Å². The van der Waals surface area contributed by atoms with Crippen LogP contribution in [0.3, 0.4) is 0 Å². The molecule has 0 saturated heterocycles. The highest BCUT2D eigenvalue weighted by Gasteiger charge is 2.24. The second-order valence-corrected chi connectivity index (χ2v) is 5.84. The van der Waals surface area contributed by atoms with Crippen molar-refractivity contribution in [2.24, 2.45) is 0 Å². The molecular weight excluding hydrogens is 268 g/mol. The maximum atomic E-state index is 12.0. The van der Waals surface area contributed by atoms with Gasteiger partial charge in [-0.1, -0.05) is 19.8 Å². The summed E-state index contributed by atoms with van der Waals surface area (Å²) in [5.74, 6) is 3.02. The van der Waals surface area contributed by atoms with Crippen molar-refractivity contribution in [3.63, 3.8) is 0 Å². The van der Waals surface area contributed by atoms with Crippen LogP contribution in [0.25, 0.3) is 0 Å². The van der Waals surface area contributed by atoms with Crippen molar-refractivity contribution in [3.8, 4) is 12.3 Å². The number of hydrogen-bond acceptors (Lipinski definition) is 3.